The van der Waals surface area contributed by atoms with Gasteiger partial charge in [0.25, 0.3) is 0 Å². The number of ether oxygens (including phenoxy) is 1. The number of carbonyl (C=O) groups excluding carboxylic acids is 1. The van der Waals surface area contributed by atoms with E-state index in [-0.39, 0.29) is 12.0 Å². The molecule has 0 bridgehead atoms. The standard InChI is InChI=1S/C11H15NO4/c1-2-5-16-10(15)12-7-11(3-4-11)6-8(12)9(13)14/h2,8H,1,3-7H2,(H,13,14)/t8-/m0/s1. The largest absolute Gasteiger partial charge is 0.480 e. The van der Waals surface area contributed by atoms with Crippen LogP contribution in [0, 0.1) is 5.41 Å². The first-order chi connectivity index (χ1) is 7.58. The van der Waals surface area contributed by atoms with Crippen molar-refractivity contribution in [1.29, 1.82) is 0 Å². The zero-order chi connectivity index (χ0) is 11.8. The van der Waals surface area contributed by atoms with Crippen molar-refractivity contribution in [2.24, 2.45) is 5.41 Å². The molecule has 0 aromatic heterocycles. The van der Waals surface area contributed by atoms with Crippen LogP contribution in [0.3, 0.4) is 0 Å². The summed E-state index contributed by atoms with van der Waals surface area (Å²) in [6, 6.07) is -0.722. The molecule has 2 aliphatic rings. The number of hydrogen-bond donors (Lipinski definition) is 1. The molecule has 2 rings (SSSR count). The van der Waals surface area contributed by atoms with Gasteiger partial charge in [0.1, 0.15) is 12.6 Å². The fourth-order valence-electron chi connectivity index (χ4n) is 2.22. The van der Waals surface area contributed by atoms with Gasteiger partial charge in [0.15, 0.2) is 0 Å². The van der Waals surface area contributed by atoms with E-state index in [1.54, 1.807) is 0 Å². The van der Waals surface area contributed by atoms with Gasteiger partial charge in [-0.15, -0.1) is 0 Å². The van der Waals surface area contributed by atoms with Crippen LogP contribution in [0.4, 0.5) is 4.79 Å². The van der Waals surface area contributed by atoms with Crippen molar-refractivity contribution in [2.75, 3.05) is 13.2 Å². The molecule has 1 spiro atoms. The van der Waals surface area contributed by atoms with E-state index in [1.165, 1.54) is 11.0 Å². The van der Waals surface area contributed by atoms with E-state index >= 15 is 0 Å². The van der Waals surface area contributed by atoms with Crippen LogP contribution in [0.5, 0.6) is 0 Å². The molecule has 0 aromatic rings. The van der Waals surface area contributed by atoms with Crippen molar-refractivity contribution in [3.05, 3.63) is 12.7 Å². The second kappa shape index (κ2) is 3.81. The molecule has 2 fully saturated rings. The molecule has 1 aliphatic carbocycles. The highest BCUT2D eigenvalue weighted by molar-refractivity contribution is 5.81. The smallest absolute Gasteiger partial charge is 0.410 e. The van der Waals surface area contributed by atoms with Gasteiger partial charge in [-0.25, -0.2) is 9.59 Å². The van der Waals surface area contributed by atoms with Gasteiger partial charge >= 0.3 is 12.1 Å². The Balaban J connectivity index is 2.03. The van der Waals surface area contributed by atoms with Crippen molar-refractivity contribution in [1.82, 2.24) is 4.90 Å². The Bertz CT molecular complexity index is 335. The van der Waals surface area contributed by atoms with E-state index in [9.17, 15) is 9.59 Å². The van der Waals surface area contributed by atoms with Crippen LogP contribution >= 0.6 is 0 Å². The SMILES string of the molecule is C=CCOC(=O)N1CC2(CC2)C[C@H]1C(=O)O. The summed E-state index contributed by atoms with van der Waals surface area (Å²) in [6.07, 6.45) is 3.52. The minimum atomic E-state index is -0.945. The first kappa shape index (κ1) is 11.0. The summed E-state index contributed by atoms with van der Waals surface area (Å²) in [7, 11) is 0. The Morgan fingerprint density at radius 3 is 2.75 bits per heavy atom. The summed E-state index contributed by atoms with van der Waals surface area (Å²) >= 11 is 0. The summed E-state index contributed by atoms with van der Waals surface area (Å²) in [5.74, 6) is -0.945. The Morgan fingerprint density at radius 1 is 1.56 bits per heavy atom. The van der Waals surface area contributed by atoms with Crippen LogP contribution in [0.2, 0.25) is 0 Å². The van der Waals surface area contributed by atoms with Gasteiger partial charge in [0.2, 0.25) is 0 Å². The van der Waals surface area contributed by atoms with Crippen LogP contribution < -0.4 is 0 Å². The van der Waals surface area contributed by atoms with Crippen LogP contribution in [0.25, 0.3) is 0 Å². The number of rotatable bonds is 3. The highest BCUT2D eigenvalue weighted by Gasteiger charge is 2.55. The third-order valence-corrected chi connectivity index (χ3v) is 3.31. The highest BCUT2D eigenvalue weighted by Crippen LogP contribution is 2.54. The maximum absolute atomic E-state index is 11.6. The van der Waals surface area contributed by atoms with Crippen molar-refractivity contribution < 1.29 is 19.4 Å². The fraction of sp³-hybridized carbons (Fsp3) is 0.636. The maximum Gasteiger partial charge on any atom is 0.410 e. The van der Waals surface area contributed by atoms with Crippen molar-refractivity contribution in [3.8, 4) is 0 Å². The first-order valence-corrected chi connectivity index (χ1v) is 5.35. The lowest BCUT2D eigenvalue weighted by Gasteiger charge is -2.20. The van der Waals surface area contributed by atoms with Gasteiger partial charge < -0.3 is 9.84 Å². The zero-order valence-corrected chi connectivity index (χ0v) is 9.02. The summed E-state index contributed by atoms with van der Waals surface area (Å²) in [6.45, 7) is 4.08. The number of carbonyl (C=O) groups is 2. The van der Waals surface area contributed by atoms with E-state index in [0.29, 0.717) is 13.0 Å². The molecule has 0 radical (unpaired) electrons. The summed E-state index contributed by atoms with van der Waals surface area (Å²) in [4.78, 5) is 24.0. The van der Waals surface area contributed by atoms with Crippen LogP contribution in [0.1, 0.15) is 19.3 Å². The average molecular weight is 225 g/mol. The molecule has 0 aromatic carbocycles. The predicted octanol–water partition coefficient (Wildman–Crippen LogP) is 1.25. The van der Waals surface area contributed by atoms with Gasteiger partial charge in [-0.1, -0.05) is 12.7 Å². The molecule has 1 saturated heterocycles. The zero-order valence-electron chi connectivity index (χ0n) is 9.02. The Labute approximate surface area is 93.7 Å². The fourth-order valence-corrected chi connectivity index (χ4v) is 2.22. The third kappa shape index (κ3) is 1.89. The molecule has 1 heterocycles. The second-order valence-electron chi connectivity index (χ2n) is 4.55. The van der Waals surface area contributed by atoms with E-state index in [1.807, 2.05) is 0 Å². The number of amides is 1. The Hall–Kier alpha value is -1.52. The molecule has 5 nitrogen and oxygen atoms in total. The quantitative estimate of drug-likeness (QED) is 0.734. The van der Waals surface area contributed by atoms with Gasteiger partial charge in [-0.05, 0) is 24.7 Å². The number of nitrogens with zero attached hydrogens (tertiary/aromatic N) is 1. The van der Waals surface area contributed by atoms with Crippen molar-refractivity contribution >= 4 is 12.1 Å². The molecule has 0 unspecified atom stereocenters. The average Bonchev–Trinajstić information content (AvgIpc) is 2.86. The summed E-state index contributed by atoms with van der Waals surface area (Å²) in [5.41, 5.74) is 0.0657. The van der Waals surface area contributed by atoms with E-state index in [2.05, 4.69) is 6.58 Å². The molecule has 16 heavy (non-hydrogen) atoms. The molecule has 5 heteroatoms. The summed E-state index contributed by atoms with van der Waals surface area (Å²) < 4.78 is 4.88. The van der Waals surface area contributed by atoms with Crippen LogP contribution in [-0.2, 0) is 9.53 Å². The lowest BCUT2D eigenvalue weighted by atomic mass is 10.0. The predicted molar refractivity (Wildman–Crippen MR) is 56.0 cm³/mol. The molecule has 88 valence electrons. The number of aliphatic carboxylic acids is 1. The van der Waals surface area contributed by atoms with Crippen LogP contribution in [0.15, 0.2) is 12.7 Å². The normalized spacial score (nSPS) is 25.5. The summed E-state index contributed by atoms with van der Waals surface area (Å²) in [5, 5.41) is 9.05. The Kier molecular flexibility index (Phi) is 2.61. The van der Waals surface area contributed by atoms with Crippen molar-refractivity contribution in [2.45, 2.75) is 25.3 Å². The van der Waals surface area contributed by atoms with Crippen LogP contribution in [-0.4, -0.2) is 41.3 Å². The molecule has 1 aliphatic heterocycles. The molecular formula is C11H15NO4. The topological polar surface area (TPSA) is 66.8 Å². The number of carboxylic acid groups (broad SMARTS) is 1. The lowest BCUT2D eigenvalue weighted by Crippen LogP contribution is -2.40. The molecule has 1 atom stereocenters. The maximum atomic E-state index is 11.6. The Morgan fingerprint density at radius 2 is 2.25 bits per heavy atom. The van der Waals surface area contributed by atoms with Gasteiger partial charge in [-0.2, -0.15) is 0 Å². The molecule has 1 saturated carbocycles. The van der Waals surface area contributed by atoms with Gasteiger partial charge in [0, 0.05) is 6.54 Å². The highest BCUT2D eigenvalue weighted by atomic mass is 16.6. The minimum Gasteiger partial charge on any atom is -0.480 e. The van der Waals surface area contributed by atoms with E-state index in [4.69, 9.17) is 9.84 Å². The number of carboxylic acids is 1. The third-order valence-electron chi connectivity index (χ3n) is 3.31. The van der Waals surface area contributed by atoms with Gasteiger partial charge in [-0.3, -0.25) is 4.90 Å². The number of likely N-dealkylation sites (tertiary alicyclic amines) is 1. The first-order valence-electron chi connectivity index (χ1n) is 5.35. The molecule has 1 N–H and O–H groups in total. The molecule has 1 amide bonds. The molecular weight excluding hydrogens is 210 g/mol. The number of hydrogen-bond acceptors (Lipinski definition) is 3. The second-order valence-corrected chi connectivity index (χ2v) is 4.55. The van der Waals surface area contributed by atoms with E-state index in [0.717, 1.165) is 12.8 Å². The minimum absolute atomic E-state index is 0.0657. The monoisotopic (exact) mass is 225 g/mol. The van der Waals surface area contributed by atoms with E-state index < -0.39 is 18.1 Å². The lowest BCUT2D eigenvalue weighted by molar-refractivity contribution is -0.141. The van der Waals surface area contributed by atoms with Gasteiger partial charge in [0.05, 0.1) is 0 Å². The van der Waals surface area contributed by atoms with Crippen molar-refractivity contribution in [3.63, 3.8) is 0 Å².